The lowest BCUT2D eigenvalue weighted by molar-refractivity contribution is 0.00942. The zero-order valence-corrected chi connectivity index (χ0v) is 21.3. The summed E-state index contributed by atoms with van der Waals surface area (Å²) in [5.41, 5.74) is 0.308. The highest BCUT2D eigenvalue weighted by Crippen LogP contribution is 2.28. The molecule has 0 radical (unpaired) electrons. The minimum Gasteiger partial charge on any atom is -0.459 e. The lowest BCUT2D eigenvalue weighted by Gasteiger charge is -2.30. The maximum Gasteiger partial charge on any atom is 0.348 e. The molecule has 190 valence electrons. The number of H-pyrrole nitrogens is 1. The zero-order valence-electron chi connectivity index (χ0n) is 20.5. The van der Waals surface area contributed by atoms with E-state index >= 15 is 0 Å². The van der Waals surface area contributed by atoms with Crippen molar-refractivity contribution in [2.75, 3.05) is 59.2 Å². The number of aromatic amines is 1. The first-order valence-corrected chi connectivity index (χ1v) is 12.6. The predicted octanol–water partition coefficient (Wildman–Crippen LogP) is 1.39. The average Bonchev–Trinajstić information content (AvgIpc) is 3.13. The summed E-state index contributed by atoms with van der Waals surface area (Å²) < 4.78 is 16.1. The van der Waals surface area contributed by atoms with Crippen molar-refractivity contribution in [1.29, 1.82) is 0 Å². The van der Waals surface area contributed by atoms with Crippen molar-refractivity contribution in [3.8, 4) is 0 Å². The molecule has 0 saturated carbocycles. The first-order chi connectivity index (χ1) is 16.3. The molecular formula is C23H36N4O6S. The van der Waals surface area contributed by atoms with Crippen molar-refractivity contribution in [3.63, 3.8) is 0 Å². The summed E-state index contributed by atoms with van der Waals surface area (Å²) in [6, 6.07) is 0. The lowest BCUT2D eigenvalue weighted by Crippen LogP contribution is -2.43. The predicted molar refractivity (Wildman–Crippen MR) is 131 cm³/mol. The highest BCUT2D eigenvalue weighted by atomic mass is 32.1. The summed E-state index contributed by atoms with van der Waals surface area (Å²) in [6.45, 7) is 13.4. The maximum atomic E-state index is 12.9. The van der Waals surface area contributed by atoms with Gasteiger partial charge in [0.2, 0.25) is 0 Å². The Morgan fingerprint density at radius 1 is 1.35 bits per heavy atom. The van der Waals surface area contributed by atoms with Gasteiger partial charge in [0, 0.05) is 39.3 Å². The normalized spacial score (nSPS) is 16.0. The molecular weight excluding hydrogens is 460 g/mol. The van der Waals surface area contributed by atoms with Gasteiger partial charge < -0.3 is 24.3 Å². The third kappa shape index (κ3) is 7.30. The quantitative estimate of drug-likeness (QED) is 0.420. The van der Waals surface area contributed by atoms with Crippen molar-refractivity contribution in [1.82, 2.24) is 19.8 Å². The highest BCUT2D eigenvalue weighted by Gasteiger charge is 2.22. The fraction of sp³-hybridized carbons (Fsp3) is 0.696. The largest absolute Gasteiger partial charge is 0.459 e. The second-order valence-electron chi connectivity index (χ2n) is 8.71. The van der Waals surface area contributed by atoms with Gasteiger partial charge in [-0.3, -0.25) is 14.6 Å². The molecule has 2 N–H and O–H groups in total. The van der Waals surface area contributed by atoms with Crippen LogP contribution in [0.1, 0.15) is 41.8 Å². The van der Waals surface area contributed by atoms with Crippen molar-refractivity contribution in [3.05, 3.63) is 26.6 Å². The molecule has 2 aromatic rings. The molecule has 0 amide bonds. The second-order valence-corrected chi connectivity index (χ2v) is 9.70. The van der Waals surface area contributed by atoms with Crippen LogP contribution in [-0.2, 0) is 20.8 Å². The molecule has 1 aliphatic heterocycles. The number of aryl methyl sites for hydroxylation is 1. The first kappa shape index (κ1) is 26.7. The molecule has 0 bridgehead atoms. The number of fused-ring (bicyclic) bond motifs is 1. The van der Waals surface area contributed by atoms with Crippen LogP contribution in [-0.4, -0.2) is 102 Å². The number of morpholine rings is 1. The fourth-order valence-electron chi connectivity index (χ4n) is 3.88. The van der Waals surface area contributed by atoms with E-state index in [0.717, 1.165) is 32.8 Å². The van der Waals surface area contributed by atoms with E-state index < -0.39 is 12.1 Å². The zero-order chi connectivity index (χ0) is 24.7. The molecule has 3 heterocycles. The molecule has 0 aliphatic carbocycles. The van der Waals surface area contributed by atoms with Gasteiger partial charge in [-0.25, -0.2) is 9.78 Å². The van der Waals surface area contributed by atoms with Crippen LogP contribution in [0.3, 0.4) is 0 Å². The van der Waals surface area contributed by atoms with Gasteiger partial charge in [0.25, 0.3) is 5.56 Å². The number of hydrogen-bond donors (Lipinski definition) is 2. The van der Waals surface area contributed by atoms with E-state index in [9.17, 15) is 14.7 Å². The maximum absolute atomic E-state index is 12.9. The Kier molecular flexibility index (Phi) is 9.98. The number of aromatic nitrogens is 2. The topological polar surface area (TPSA) is 117 Å². The summed E-state index contributed by atoms with van der Waals surface area (Å²) in [5, 5.41) is 10.8. The SMILES string of the molecule is CCOCC(O)CN(CCN1CCOCC1)Cc1nc2sc(C(=O)OC(C)C)c(C)c2c(=O)[nH]1. The van der Waals surface area contributed by atoms with Crippen molar-refractivity contribution < 1.29 is 24.1 Å². The van der Waals surface area contributed by atoms with Crippen LogP contribution >= 0.6 is 11.3 Å². The summed E-state index contributed by atoms with van der Waals surface area (Å²) in [4.78, 5) is 38.1. The number of esters is 1. The van der Waals surface area contributed by atoms with Gasteiger partial charge in [-0.05, 0) is 33.3 Å². The van der Waals surface area contributed by atoms with Crippen molar-refractivity contribution >= 4 is 27.5 Å². The van der Waals surface area contributed by atoms with Crippen LogP contribution in [0.15, 0.2) is 4.79 Å². The first-order valence-electron chi connectivity index (χ1n) is 11.8. The van der Waals surface area contributed by atoms with Crippen molar-refractivity contribution in [2.45, 2.75) is 46.4 Å². The van der Waals surface area contributed by atoms with E-state index in [-0.39, 0.29) is 18.3 Å². The Balaban J connectivity index is 1.78. The van der Waals surface area contributed by atoms with E-state index in [2.05, 4.69) is 19.8 Å². The standard InChI is InChI=1S/C23H36N4O6S/c1-5-31-14-17(28)12-27(7-6-26-8-10-32-11-9-26)13-18-24-21(29)19-16(4)20(34-22(19)25-18)23(30)33-15(2)3/h15,17,28H,5-14H2,1-4H3,(H,24,25,29). The van der Waals surface area contributed by atoms with Crippen LogP contribution < -0.4 is 5.56 Å². The molecule has 0 aromatic carbocycles. The van der Waals surface area contributed by atoms with Crippen LogP contribution in [0, 0.1) is 6.92 Å². The fourth-order valence-corrected chi connectivity index (χ4v) is 4.97. The van der Waals surface area contributed by atoms with E-state index in [1.54, 1.807) is 20.8 Å². The Labute approximate surface area is 203 Å². The Morgan fingerprint density at radius 2 is 2.09 bits per heavy atom. The van der Waals surface area contributed by atoms with Crippen LogP contribution in [0.2, 0.25) is 0 Å². The average molecular weight is 497 g/mol. The van der Waals surface area contributed by atoms with E-state index in [1.807, 2.05) is 6.92 Å². The third-order valence-corrected chi connectivity index (χ3v) is 6.74. The molecule has 3 rings (SSSR count). The number of hydrogen-bond acceptors (Lipinski definition) is 10. The van der Waals surface area contributed by atoms with Crippen LogP contribution in [0.25, 0.3) is 10.2 Å². The number of aliphatic hydroxyl groups excluding tert-OH is 1. The van der Waals surface area contributed by atoms with Gasteiger partial charge >= 0.3 is 5.97 Å². The molecule has 10 nitrogen and oxygen atoms in total. The third-order valence-electron chi connectivity index (χ3n) is 5.57. The van der Waals surface area contributed by atoms with Gasteiger partial charge in [-0.1, -0.05) is 0 Å². The summed E-state index contributed by atoms with van der Waals surface area (Å²) in [5.74, 6) is 0.0516. The smallest absolute Gasteiger partial charge is 0.348 e. The number of carbonyl (C=O) groups excluding carboxylic acids is 1. The molecule has 1 saturated heterocycles. The van der Waals surface area contributed by atoms with Gasteiger partial charge in [0.15, 0.2) is 0 Å². The lowest BCUT2D eigenvalue weighted by atomic mass is 10.2. The molecule has 11 heteroatoms. The molecule has 1 atom stereocenters. The Bertz CT molecular complexity index is 1000. The summed E-state index contributed by atoms with van der Waals surface area (Å²) in [6.07, 6.45) is -0.900. The molecule has 34 heavy (non-hydrogen) atoms. The minimum absolute atomic E-state index is 0.248. The Hall–Kier alpha value is -1.89. The van der Waals surface area contributed by atoms with Gasteiger partial charge in [-0.15, -0.1) is 11.3 Å². The molecule has 1 aliphatic rings. The number of nitrogens with one attached hydrogen (secondary N) is 1. The highest BCUT2D eigenvalue weighted by molar-refractivity contribution is 7.20. The molecule has 1 unspecified atom stereocenters. The Morgan fingerprint density at radius 3 is 2.76 bits per heavy atom. The molecule has 1 fully saturated rings. The van der Waals surface area contributed by atoms with Gasteiger partial charge in [0.1, 0.15) is 15.5 Å². The number of rotatable bonds is 12. The minimum atomic E-state index is -0.651. The summed E-state index contributed by atoms with van der Waals surface area (Å²) in [7, 11) is 0. The number of nitrogens with zero attached hydrogens (tertiary/aromatic N) is 3. The van der Waals surface area contributed by atoms with Gasteiger partial charge in [0.05, 0.1) is 44.0 Å². The number of aliphatic hydroxyl groups is 1. The van der Waals surface area contributed by atoms with E-state index in [0.29, 0.717) is 52.7 Å². The van der Waals surface area contributed by atoms with Crippen LogP contribution in [0.4, 0.5) is 0 Å². The number of carbonyl (C=O) groups is 1. The summed E-state index contributed by atoms with van der Waals surface area (Å²) >= 11 is 1.17. The number of thiophene rings is 1. The number of ether oxygens (including phenoxy) is 3. The van der Waals surface area contributed by atoms with Gasteiger partial charge in [-0.2, -0.15) is 0 Å². The second kappa shape index (κ2) is 12.7. The van der Waals surface area contributed by atoms with E-state index in [1.165, 1.54) is 11.3 Å². The van der Waals surface area contributed by atoms with Crippen molar-refractivity contribution in [2.24, 2.45) is 0 Å². The molecule has 0 spiro atoms. The van der Waals surface area contributed by atoms with E-state index in [4.69, 9.17) is 14.2 Å². The molecule has 2 aromatic heterocycles. The van der Waals surface area contributed by atoms with Crippen LogP contribution in [0.5, 0.6) is 0 Å². The monoisotopic (exact) mass is 496 g/mol.